The van der Waals surface area contributed by atoms with E-state index in [1.54, 1.807) is 0 Å². The summed E-state index contributed by atoms with van der Waals surface area (Å²) in [5.41, 5.74) is 4.02. The molecule has 56 heavy (non-hydrogen) atoms. The Morgan fingerprint density at radius 1 is 0.411 bits per heavy atom. The Kier molecular flexibility index (Phi) is 21.6. The summed E-state index contributed by atoms with van der Waals surface area (Å²) in [5.74, 6) is 0.0115. The zero-order chi connectivity index (χ0) is 39.5. The average Bonchev–Trinajstić information content (AvgIpc) is 3.22. The fourth-order valence-corrected chi connectivity index (χ4v) is 7.42. The molecule has 0 atom stereocenters. The normalized spacial score (nSPS) is 11.1. The lowest BCUT2D eigenvalue weighted by Gasteiger charge is -2.13. The van der Waals surface area contributed by atoms with Crippen molar-refractivity contribution in [2.24, 2.45) is 0 Å². The molecular weight excluding hydrogens is 691 g/mol. The summed E-state index contributed by atoms with van der Waals surface area (Å²) in [6.45, 7) is 4.53. The maximum absolute atomic E-state index is 13.7. The molecule has 3 aromatic carbocycles. The maximum atomic E-state index is 13.7. The predicted octanol–water partition coefficient (Wildman–Crippen LogP) is 13.8. The number of unbranched alkanes of at least 4 members (excludes halogenated alkanes) is 20. The lowest BCUT2D eigenvalue weighted by atomic mass is 9.99. The molecule has 1 heterocycles. The van der Waals surface area contributed by atoms with Gasteiger partial charge < -0.3 is 0 Å². The second-order valence-electron chi connectivity index (χ2n) is 15.5. The first kappa shape index (κ1) is 44.3. The van der Waals surface area contributed by atoms with E-state index in [9.17, 15) is 9.59 Å². The number of aromatic nitrogens is 3. The molecule has 0 bridgehead atoms. The molecule has 0 spiro atoms. The first-order valence-corrected chi connectivity index (χ1v) is 22.2. The van der Waals surface area contributed by atoms with Gasteiger partial charge in [-0.2, -0.15) is 15.0 Å². The van der Waals surface area contributed by atoms with Crippen molar-refractivity contribution in [3.63, 3.8) is 0 Å². The third-order valence-corrected chi connectivity index (χ3v) is 10.7. The van der Waals surface area contributed by atoms with Crippen molar-refractivity contribution in [3.8, 4) is 11.4 Å². The minimum absolute atomic E-state index is 0.0953. The molecule has 0 radical (unpaired) electrons. The molecule has 2 N–H and O–H groups in total. The molecule has 7 nitrogen and oxygen atoms in total. The second kappa shape index (κ2) is 27.2. The average molecular weight is 760 g/mol. The molecule has 4 rings (SSSR count). The summed E-state index contributed by atoms with van der Waals surface area (Å²) in [4.78, 5) is 41.2. The topological polar surface area (TPSA) is 96.9 Å². The Hall–Kier alpha value is -4.39. The van der Waals surface area contributed by atoms with E-state index in [0.29, 0.717) is 17.0 Å². The van der Waals surface area contributed by atoms with Crippen molar-refractivity contribution in [1.82, 2.24) is 15.0 Å². The summed E-state index contributed by atoms with van der Waals surface area (Å²) in [6.07, 6.45) is 29.9. The fraction of sp³-hybridized carbons (Fsp3) is 0.531. The summed E-state index contributed by atoms with van der Waals surface area (Å²) >= 11 is 0. The molecule has 0 aliphatic rings. The van der Waals surface area contributed by atoms with Gasteiger partial charge in [-0.25, -0.2) is 0 Å². The number of rotatable bonds is 29. The van der Waals surface area contributed by atoms with Crippen LogP contribution in [0.1, 0.15) is 187 Å². The van der Waals surface area contributed by atoms with Crippen LogP contribution in [0.5, 0.6) is 0 Å². The minimum atomic E-state index is -0.275. The van der Waals surface area contributed by atoms with Gasteiger partial charge in [0.1, 0.15) is 0 Å². The quantitative estimate of drug-likeness (QED) is 0.0537. The predicted molar refractivity (Wildman–Crippen MR) is 234 cm³/mol. The van der Waals surface area contributed by atoms with Crippen LogP contribution in [0.2, 0.25) is 0 Å². The van der Waals surface area contributed by atoms with E-state index in [-0.39, 0.29) is 23.7 Å². The number of benzene rings is 3. The monoisotopic (exact) mass is 760 g/mol. The van der Waals surface area contributed by atoms with Crippen LogP contribution in [0.3, 0.4) is 0 Å². The SMILES string of the molecule is CCCCCCCCCCCCCc1ccccc1C(=O)Nc1nc(NC(=O)c2ccccc2CCCCCCCCCCCCC)nc(-c2ccccc2)n1. The number of nitrogens with zero attached hydrogens (tertiary/aromatic N) is 3. The summed E-state index contributed by atoms with van der Waals surface area (Å²) in [5, 5.41) is 5.86. The Labute approximate surface area is 338 Å². The van der Waals surface area contributed by atoms with E-state index in [2.05, 4.69) is 39.4 Å². The van der Waals surface area contributed by atoms with E-state index in [1.807, 2.05) is 78.9 Å². The first-order chi connectivity index (χ1) is 27.6. The van der Waals surface area contributed by atoms with Crippen LogP contribution in [-0.2, 0) is 12.8 Å². The number of nitrogens with one attached hydrogen (secondary N) is 2. The summed E-state index contributed by atoms with van der Waals surface area (Å²) < 4.78 is 0. The van der Waals surface area contributed by atoms with Crippen molar-refractivity contribution in [3.05, 3.63) is 101 Å². The van der Waals surface area contributed by atoms with E-state index < -0.39 is 0 Å². The molecule has 302 valence electrons. The highest BCUT2D eigenvalue weighted by Gasteiger charge is 2.18. The standard InChI is InChI=1S/C49H69N5O2/c1-3-5-7-9-11-13-15-17-19-21-24-32-40-34-28-30-38-43(40)46(55)52-48-50-45(42-36-26-23-27-37-42)51-49(54-48)53-47(56)44-39-31-29-35-41(44)33-25-22-20-18-16-14-12-10-8-6-4-2/h23,26-31,34-39H,3-22,24-25,32-33H2,1-2H3,(H2,50,51,52,53,54,55,56). The van der Waals surface area contributed by atoms with Crippen molar-refractivity contribution in [2.75, 3.05) is 10.6 Å². The summed E-state index contributed by atoms with van der Waals surface area (Å²) in [6, 6.07) is 25.1. The molecule has 4 aromatic rings. The highest BCUT2D eigenvalue weighted by molar-refractivity contribution is 6.06. The van der Waals surface area contributed by atoms with Crippen molar-refractivity contribution in [1.29, 1.82) is 0 Å². The zero-order valence-electron chi connectivity index (χ0n) is 34.6. The Bertz CT molecular complexity index is 1590. The van der Waals surface area contributed by atoms with E-state index in [1.165, 1.54) is 116 Å². The van der Waals surface area contributed by atoms with Gasteiger partial charge in [0.15, 0.2) is 5.82 Å². The number of carbonyl (C=O) groups excluding carboxylic acids is 2. The molecule has 2 amide bonds. The van der Waals surface area contributed by atoms with Crippen LogP contribution < -0.4 is 10.6 Å². The van der Waals surface area contributed by atoms with Gasteiger partial charge >= 0.3 is 0 Å². The molecule has 0 fully saturated rings. The molecule has 0 aliphatic heterocycles. The van der Waals surface area contributed by atoms with Crippen molar-refractivity contribution < 1.29 is 9.59 Å². The Morgan fingerprint density at radius 2 is 0.750 bits per heavy atom. The number of carbonyl (C=O) groups is 2. The third kappa shape index (κ3) is 16.8. The largest absolute Gasteiger partial charge is 0.290 e. The van der Waals surface area contributed by atoms with Gasteiger partial charge in [0.25, 0.3) is 11.8 Å². The van der Waals surface area contributed by atoms with Crippen LogP contribution >= 0.6 is 0 Å². The van der Waals surface area contributed by atoms with Gasteiger partial charge in [0.2, 0.25) is 11.9 Å². The van der Waals surface area contributed by atoms with Crippen LogP contribution in [0.25, 0.3) is 11.4 Å². The maximum Gasteiger partial charge on any atom is 0.258 e. The number of hydrogen-bond acceptors (Lipinski definition) is 5. The van der Waals surface area contributed by atoms with Crippen LogP contribution in [0, 0.1) is 0 Å². The molecule has 7 heteroatoms. The smallest absolute Gasteiger partial charge is 0.258 e. The second-order valence-corrected chi connectivity index (χ2v) is 15.5. The Morgan fingerprint density at radius 3 is 1.14 bits per heavy atom. The van der Waals surface area contributed by atoms with Gasteiger partial charge in [-0.05, 0) is 48.9 Å². The van der Waals surface area contributed by atoms with Gasteiger partial charge in [0.05, 0.1) is 0 Å². The van der Waals surface area contributed by atoms with Gasteiger partial charge in [-0.15, -0.1) is 0 Å². The number of anilines is 2. The number of hydrogen-bond donors (Lipinski definition) is 2. The van der Waals surface area contributed by atoms with Crippen LogP contribution in [-0.4, -0.2) is 26.8 Å². The first-order valence-electron chi connectivity index (χ1n) is 22.2. The molecule has 0 unspecified atom stereocenters. The van der Waals surface area contributed by atoms with Crippen LogP contribution in [0.15, 0.2) is 78.9 Å². The van der Waals surface area contributed by atoms with Crippen LogP contribution in [0.4, 0.5) is 11.9 Å². The Balaban J connectivity index is 1.33. The summed E-state index contributed by atoms with van der Waals surface area (Å²) in [7, 11) is 0. The molecular formula is C49H69N5O2. The van der Waals surface area contributed by atoms with Gasteiger partial charge in [-0.1, -0.05) is 209 Å². The van der Waals surface area contributed by atoms with E-state index >= 15 is 0 Å². The van der Waals surface area contributed by atoms with Crippen molar-refractivity contribution >= 4 is 23.7 Å². The number of aryl methyl sites for hydroxylation is 2. The molecule has 0 aliphatic carbocycles. The van der Waals surface area contributed by atoms with E-state index in [0.717, 1.165) is 55.2 Å². The zero-order valence-corrected chi connectivity index (χ0v) is 34.6. The minimum Gasteiger partial charge on any atom is -0.290 e. The lowest BCUT2D eigenvalue weighted by Crippen LogP contribution is -2.20. The highest BCUT2D eigenvalue weighted by atomic mass is 16.2. The highest BCUT2D eigenvalue weighted by Crippen LogP contribution is 2.22. The molecule has 1 aromatic heterocycles. The number of amides is 2. The molecule has 0 saturated heterocycles. The van der Waals surface area contributed by atoms with Gasteiger partial charge in [-0.3, -0.25) is 20.2 Å². The lowest BCUT2D eigenvalue weighted by molar-refractivity contribution is 0.101. The van der Waals surface area contributed by atoms with Crippen molar-refractivity contribution in [2.45, 2.75) is 168 Å². The third-order valence-electron chi connectivity index (χ3n) is 10.7. The molecule has 0 saturated carbocycles. The van der Waals surface area contributed by atoms with Gasteiger partial charge in [0, 0.05) is 16.7 Å². The van der Waals surface area contributed by atoms with E-state index in [4.69, 9.17) is 0 Å². The fourth-order valence-electron chi connectivity index (χ4n) is 7.42.